The number of ether oxygens (including phenoxy) is 2. The van der Waals surface area contributed by atoms with Gasteiger partial charge in [-0.1, -0.05) is 6.47 Å². The second-order valence-corrected chi connectivity index (χ2v) is 4.74. The molecule has 0 saturated carbocycles. The molecule has 1 saturated heterocycles. The predicted molar refractivity (Wildman–Crippen MR) is 79.3 cm³/mol. The molecular weight excluding hydrogens is 431 g/mol. The number of carbonyl (C=O) groups excluding carboxylic acids is 2. The average molecular weight is 445 g/mol. The van der Waals surface area contributed by atoms with Crippen molar-refractivity contribution in [2.45, 2.75) is 18.9 Å². The first-order chi connectivity index (χ1) is 11.8. The maximum absolute atomic E-state index is 12.0. The molecule has 1 aromatic carbocycles. The van der Waals surface area contributed by atoms with Crippen molar-refractivity contribution in [2.75, 3.05) is 13.2 Å². The van der Waals surface area contributed by atoms with Gasteiger partial charge in [0.25, 0.3) is 10.8 Å². The molecule has 12 nitrogen and oxygen atoms in total. The molecule has 13 heteroatoms. The molecule has 1 heterocycles. The van der Waals surface area contributed by atoms with Gasteiger partial charge in [-0.15, -0.1) is 10.1 Å². The van der Waals surface area contributed by atoms with Crippen molar-refractivity contribution in [3.8, 4) is 5.75 Å². The number of benzene rings is 1. The van der Waals surface area contributed by atoms with E-state index in [1.54, 1.807) is 0 Å². The van der Waals surface area contributed by atoms with Gasteiger partial charge in [0, 0.05) is 51.4 Å². The van der Waals surface area contributed by atoms with E-state index < -0.39 is 16.1 Å². The molecule has 1 N–H and O–H groups in total. The molecular formula is C13H14N3O9Y-. The SMILES string of the molecule is O=[C-]OCC1CCCN1C(=O)Oc1ccc([N+](=O)[O-])cc1.O=[N+]([O-])O.[Y]. The molecule has 1 aliphatic rings. The number of amides is 1. The number of likely N-dealkylation sites (tertiary alicyclic amines) is 1. The summed E-state index contributed by atoms with van der Waals surface area (Å²) in [5.41, 5.74) is -0.0798. The Labute approximate surface area is 172 Å². The molecule has 1 aromatic rings. The van der Waals surface area contributed by atoms with Crippen molar-refractivity contribution in [2.24, 2.45) is 0 Å². The monoisotopic (exact) mass is 445 g/mol. The van der Waals surface area contributed by atoms with Crippen LogP contribution in [-0.2, 0) is 42.2 Å². The van der Waals surface area contributed by atoms with E-state index in [1.807, 2.05) is 0 Å². The molecule has 0 aliphatic carbocycles. The van der Waals surface area contributed by atoms with E-state index in [1.165, 1.54) is 35.6 Å². The van der Waals surface area contributed by atoms with Crippen LogP contribution in [0.5, 0.6) is 5.75 Å². The fraction of sp³-hybridized carbons (Fsp3) is 0.385. The summed E-state index contributed by atoms with van der Waals surface area (Å²) in [6, 6.07) is 5.01. The number of nitro groups is 1. The third kappa shape index (κ3) is 8.16. The minimum Gasteiger partial charge on any atom is -0.651 e. The summed E-state index contributed by atoms with van der Waals surface area (Å²) in [7, 11) is 0. The summed E-state index contributed by atoms with van der Waals surface area (Å²) in [6.07, 6.45) is 0.945. The molecule has 1 radical (unpaired) electrons. The Morgan fingerprint density at radius 2 is 1.88 bits per heavy atom. The molecule has 0 bridgehead atoms. The maximum Gasteiger partial charge on any atom is 0.415 e. The van der Waals surface area contributed by atoms with Gasteiger partial charge in [0.1, 0.15) is 5.75 Å². The summed E-state index contributed by atoms with van der Waals surface area (Å²) in [5.74, 6) is 0.221. The van der Waals surface area contributed by atoms with Crippen LogP contribution in [0.25, 0.3) is 0 Å². The van der Waals surface area contributed by atoms with Gasteiger partial charge >= 0.3 is 6.09 Å². The number of nitrogens with zero attached hydrogens (tertiary/aromatic N) is 3. The predicted octanol–water partition coefficient (Wildman–Crippen LogP) is 1.29. The van der Waals surface area contributed by atoms with Crippen molar-refractivity contribution < 1.29 is 67.0 Å². The van der Waals surface area contributed by atoms with Crippen molar-refractivity contribution >= 4 is 18.3 Å². The summed E-state index contributed by atoms with van der Waals surface area (Å²) >= 11 is 0. The Morgan fingerprint density at radius 3 is 2.38 bits per heavy atom. The Balaban J connectivity index is 0.00000113. The van der Waals surface area contributed by atoms with Gasteiger partial charge in [0.05, 0.1) is 17.6 Å². The molecule has 26 heavy (non-hydrogen) atoms. The Morgan fingerprint density at radius 1 is 1.31 bits per heavy atom. The number of rotatable bonds is 5. The van der Waals surface area contributed by atoms with E-state index in [4.69, 9.17) is 20.1 Å². The largest absolute Gasteiger partial charge is 0.651 e. The molecule has 1 unspecified atom stereocenters. The van der Waals surface area contributed by atoms with E-state index in [0.717, 1.165) is 12.8 Å². The van der Waals surface area contributed by atoms with Gasteiger partial charge in [-0.05, 0) is 25.0 Å². The first-order valence-electron chi connectivity index (χ1n) is 6.90. The Bertz CT molecular complexity index is 622. The van der Waals surface area contributed by atoms with E-state index in [-0.39, 0.29) is 56.8 Å². The van der Waals surface area contributed by atoms with Gasteiger partial charge in [0.15, 0.2) is 0 Å². The molecule has 139 valence electrons. The van der Waals surface area contributed by atoms with Gasteiger partial charge in [-0.3, -0.25) is 10.1 Å². The van der Waals surface area contributed by atoms with Gasteiger partial charge in [0.2, 0.25) is 0 Å². The van der Waals surface area contributed by atoms with Gasteiger partial charge < -0.3 is 24.4 Å². The number of carbonyl (C=O) groups is 1. The Kier molecular flexibility index (Phi) is 11.0. The van der Waals surface area contributed by atoms with E-state index >= 15 is 0 Å². The maximum atomic E-state index is 12.0. The third-order valence-electron chi connectivity index (χ3n) is 3.20. The third-order valence-corrected chi connectivity index (χ3v) is 3.20. The van der Waals surface area contributed by atoms with Crippen molar-refractivity contribution in [1.29, 1.82) is 0 Å². The summed E-state index contributed by atoms with van der Waals surface area (Å²) in [4.78, 5) is 41.9. The Hall–Kier alpha value is -2.34. The number of non-ortho nitro benzene ring substituents is 1. The van der Waals surface area contributed by atoms with Crippen LogP contribution in [0.4, 0.5) is 10.5 Å². The number of hydrogen-bond donors (Lipinski definition) is 1. The number of hydrogen-bond acceptors (Lipinski definition) is 8. The van der Waals surface area contributed by atoms with Crippen molar-refractivity contribution in [3.05, 3.63) is 44.5 Å². The fourth-order valence-electron chi connectivity index (χ4n) is 2.17. The van der Waals surface area contributed by atoms with Crippen LogP contribution in [0.2, 0.25) is 0 Å². The van der Waals surface area contributed by atoms with Crippen molar-refractivity contribution in [1.82, 2.24) is 4.90 Å². The molecule has 1 atom stereocenters. The molecule has 1 aliphatic heterocycles. The van der Waals surface area contributed by atoms with Gasteiger partial charge in [-0.25, -0.2) is 4.79 Å². The van der Waals surface area contributed by atoms with Crippen LogP contribution in [0.3, 0.4) is 0 Å². The first-order valence-corrected chi connectivity index (χ1v) is 6.90. The van der Waals surface area contributed by atoms with Crippen LogP contribution in [0, 0.1) is 20.2 Å². The minimum absolute atomic E-state index is 0. The molecule has 1 amide bonds. The van der Waals surface area contributed by atoms with Gasteiger partial charge in [-0.2, -0.15) is 0 Å². The van der Waals surface area contributed by atoms with Crippen molar-refractivity contribution in [3.63, 3.8) is 0 Å². The zero-order chi connectivity index (χ0) is 18.8. The van der Waals surface area contributed by atoms with Crippen LogP contribution in [0.15, 0.2) is 24.3 Å². The normalized spacial score (nSPS) is 14.9. The van der Waals surface area contributed by atoms with Crippen LogP contribution < -0.4 is 4.74 Å². The number of nitro benzene ring substituents is 1. The molecule has 0 spiro atoms. The second-order valence-electron chi connectivity index (χ2n) is 4.74. The van der Waals surface area contributed by atoms with Crippen LogP contribution in [-0.4, -0.2) is 51.9 Å². The van der Waals surface area contributed by atoms with E-state index in [2.05, 4.69) is 4.74 Å². The fourth-order valence-corrected chi connectivity index (χ4v) is 2.17. The molecule has 0 aromatic heterocycles. The van der Waals surface area contributed by atoms with E-state index in [9.17, 15) is 19.7 Å². The summed E-state index contributed by atoms with van der Waals surface area (Å²) in [5, 5.41) is 24.2. The first kappa shape index (κ1) is 23.7. The van der Waals surface area contributed by atoms with E-state index in [0.29, 0.717) is 6.54 Å². The minimum atomic E-state index is -1.50. The van der Waals surface area contributed by atoms with Crippen LogP contribution >= 0.6 is 0 Å². The second kappa shape index (κ2) is 12.1. The molecule has 2 rings (SSSR count). The zero-order valence-corrected chi connectivity index (χ0v) is 16.2. The zero-order valence-electron chi connectivity index (χ0n) is 13.3. The molecule has 1 fully saturated rings. The standard InChI is InChI=1S/C13H13N2O6.HNO3.Y/c16-9-20-8-11-2-1-7-14(11)13(17)21-12-5-3-10(4-6-12)15(18)19;2-1(3)4;/h3-6,11H,1-2,7-8H2;(H,2,3,4);/q-1;;. The smallest absolute Gasteiger partial charge is 0.415 e. The topological polar surface area (TPSA) is 162 Å². The summed E-state index contributed by atoms with van der Waals surface area (Å²) < 4.78 is 9.71. The quantitative estimate of drug-likeness (QED) is 0.400. The average Bonchev–Trinajstić information content (AvgIpc) is 3.01. The van der Waals surface area contributed by atoms with Crippen LogP contribution in [0.1, 0.15) is 12.8 Å². The summed E-state index contributed by atoms with van der Waals surface area (Å²) in [6.45, 7) is 1.92.